The highest BCUT2D eigenvalue weighted by Gasteiger charge is 2.53. The van der Waals surface area contributed by atoms with E-state index in [1.165, 1.54) is 0 Å². The van der Waals surface area contributed by atoms with Crippen LogP contribution in [0.15, 0.2) is 78.9 Å². The lowest BCUT2D eigenvalue weighted by Gasteiger charge is -2.26. The number of carbonyl (C=O) groups is 3. The molecule has 0 atom stereocenters. The Morgan fingerprint density at radius 2 is 1.34 bits per heavy atom. The van der Waals surface area contributed by atoms with Gasteiger partial charge in [0.2, 0.25) is 0 Å². The number of hydrogen-bond donors (Lipinski definition) is 0. The number of Topliss-reactive ketones (excluding diaryl/α,β-unsaturated/α-hetero) is 2. The third-order valence-electron chi connectivity index (χ3n) is 5.25. The summed E-state index contributed by atoms with van der Waals surface area (Å²) in [7, 11) is 0. The van der Waals surface area contributed by atoms with Gasteiger partial charge < -0.3 is 4.74 Å². The minimum absolute atomic E-state index is 0.0676. The van der Waals surface area contributed by atoms with Crippen LogP contribution in [0.4, 0.5) is 0 Å². The molecule has 144 valence electrons. The first kappa shape index (κ1) is 19.1. The number of fused-ring (bicyclic) bond motifs is 1. The normalized spacial score (nSPS) is 14.5. The fourth-order valence-corrected chi connectivity index (χ4v) is 3.89. The molecule has 3 aromatic carbocycles. The number of benzene rings is 3. The molecule has 0 saturated carbocycles. The number of halogens is 1. The van der Waals surface area contributed by atoms with Gasteiger partial charge in [0.25, 0.3) is 0 Å². The molecular formula is C24H17ClO4. The number of hydrogen-bond acceptors (Lipinski definition) is 4. The van der Waals surface area contributed by atoms with Crippen LogP contribution in [0.3, 0.4) is 0 Å². The van der Waals surface area contributed by atoms with Crippen molar-refractivity contribution in [2.75, 3.05) is 6.61 Å². The summed E-state index contributed by atoms with van der Waals surface area (Å²) in [5.74, 6) is -1.04. The standard InChI is InChI=1S/C24H17ClO4/c25-18-12-10-16(11-13-18)23(28)29-15-14-24(17-6-2-1-3-7-17)21(26)19-8-4-5-9-20(19)22(24)27/h1-13H,14-15H2. The Labute approximate surface area is 173 Å². The summed E-state index contributed by atoms with van der Waals surface area (Å²) in [6.07, 6.45) is 0.0721. The van der Waals surface area contributed by atoms with Crippen molar-refractivity contribution >= 4 is 29.1 Å². The Kier molecular flexibility index (Phi) is 5.03. The van der Waals surface area contributed by atoms with E-state index >= 15 is 0 Å². The van der Waals surface area contributed by atoms with Crippen molar-refractivity contribution in [1.29, 1.82) is 0 Å². The lowest BCUT2D eigenvalue weighted by molar-refractivity contribution is 0.0454. The summed E-state index contributed by atoms with van der Waals surface area (Å²) >= 11 is 5.84. The lowest BCUT2D eigenvalue weighted by Crippen LogP contribution is -2.39. The molecule has 4 rings (SSSR count). The Balaban J connectivity index is 1.62. The minimum Gasteiger partial charge on any atom is -0.462 e. The predicted molar refractivity (Wildman–Crippen MR) is 110 cm³/mol. The monoisotopic (exact) mass is 404 g/mol. The van der Waals surface area contributed by atoms with Crippen LogP contribution in [-0.2, 0) is 10.2 Å². The second-order valence-electron chi connectivity index (χ2n) is 6.87. The summed E-state index contributed by atoms with van der Waals surface area (Å²) in [6, 6.07) is 22.1. The maximum Gasteiger partial charge on any atom is 0.338 e. The topological polar surface area (TPSA) is 60.4 Å². The molecule has 4 nitrogen and oxygen atoms in total. The quantitative estimate of drug-likeness (QED) is 0.448. The van der Waals surface area contributed by atoms with Gasteiger partial charge in [0.1, 0.15) is 5.41 Å². The molecule has 29 heavy (non-hydrogen) atoms. The molecule has 0 fully saturated rings. The van der Waals surface area contributed by atoms with Crippen molar-refractivity contribution in [3.63, 3.8) is 0 Å². The van der Waals surface area contributed by atoms with E-state index in [0.717, 1.165) is 0 Å². The van der Waals surface area contributed by atoms with Crippen LogP contribution in [0.1, 0.15) is 43.1 Å². The lowest BCUT2D eigenvalue weighted by atomic mass is 9.73. The van der Waals surface area contributed by atoms with Crippen molar-refractivity contribution in [3.05, 3.63) is 106 Å². The molecule has 0 unspecified atom stereocenters. The molecule has 0 N–H and O–H groups in total. The van der Waals surface area contributed by atoms with Crippen molar-refractivity contribution in [1.82, 2.24) is 0 Å². The SMILES string of the molecule is O=C(OCCC1(c2ccccc2)C(=O)c2ccccc2C1=O)c1ccc(Cl)cc1. The van der Waals surface area contributed by atoms with E-state index in [4.69, 9.17) is 16.3 Å². The molecule has 0 spiro atoms. The summed E-state index contributed by atoms with van der Waals surface area (Å²) in [6.45, 7) is -0.0676. The summed E-state index contributed by atoms with van der Waals surface area (Å²) < 4.78 is 5.39. The van der Waals surface area contributed by atoms with Gasteiger partial charge in [-0.3, -0.25) is 9.59 Å². The molecule has 0 heterocycles. The highest BCUT2D eigenvalue weighted by molar-refractivity contribution is 6.33. The summed E-state index contributed by atoms with van der Waals surface area (Å²) in [5, 5.41) is 0.518. The van der Waals surface area contributed by atoms with Gasteiger partial charge in [0.15, 0.2) is 11.6 Å². The predicted octanol–water partition coefficient (Wildman–Crippen LogP) is 4.90. The van der Waals surface area contributed by atoms with Gasteiger partial charge in [-0.15, -0.1) is 0 Å². The molecule has 1 aliphatic rings. The second kappa shape index (κ2) is 7.64. The molecule has 0 aliphatic heterocycles. The second-order valence-corrected chi connectivity index (χ2v) is 7.30. The number of carbonyl (C=O) groups excluding carboxylic acids is 3. The van der Waals surface area contributed by atoms with Gasteiger partial charge in [-0.05, 0) is 29.8 Å². The molecule has 0 amide bonds. The van der Waals surface area contributed by atoms with E-state index in [1.807, 2.05) is 6.07 Å². The van der Waals surface area contributed by atoms with E-state index in [2.05, 4.69) is 0 Å². The largest absolute Gasteiger partial charge is 0.462 e. The van der Waals surface area contributed by atoms with E-state index in [-0.39, 0.29) is 24.6 Å². The summed E-state index contributed by atoms with van der Waals surface area (Å²) in [5.41, 5.74) is 0.394. The average molecular weight is 405 g/mol. The fraction of sp³-hybridized carbons (Fsp3) is 0.125. The number of rotatable bonds is 5. The van der Waals surface area contributed by atoms with Gasteiger partial charge in [-0.25, -0.2) is 4.79 Å². The molecule has 0 bridgehead atoms. The van der Waals surface area contributed by atoms with Crippen molar-refractivity contribution in [2.24, 2.45) is 0 Å². The zero-order valence-corrected chi connectivity index (χ0v) is 16.2. The molecule has 1 aliphatic carbocycles. The van der Waals surface area contributed by atoms with E-state index in [0.29, 0.717) is 27.3 Å². The first-order valence-corrected chi connectivity index (χ1v) is 9.59. The van der Waals surface area contributed by atoms with E-state index in [1.54, 1.807) is 72.8 Å². The van der Waals surface area contributed by atoms with Gasteiger partial charge in [0.05, 0.1) is 12.2 Å². The number of ether oxygens (including phenoxy) is 1. The van der Waals surface area contributed by atoms with Crippen molar-refractivity contribution < 1.29 is 19.1 Å². The molecule has 0 aromatic heterocycles. The first-order chi connectivity index (χ1) is 14.0. The van der Waals surface area contributed by atoms with Crippen LogP contribution in [-0.4, -0.2) is 24.1 Å². The van der Waals surface area contributed by atoms with Crippen LogP contribution in [0.25, 0.3) is 0 Å². The van der Waals surface area contributed by atoms with Crippen LogP contribution in [0.5, 0.6) is 0 Å². The highest BCUT2D eigenvalue weighted by Crippen LogP contribution is 2.42. The van der Waals surface area contributed by atoms with Crippen LogP contribution >= 0.6 is 11.6 Å². The Morgan fingerprint density at radius 3 is 1.93 bits per heavy atom. The van der Waals surface area contributed by atoms with Gasteiger partial charge in [-0.2, -0.15) is 0 Å². The van der Waals surface area contributed by atoms with E-state index < -0.39 is 11.4 Å². The molecule has 5 heteroatoms. The summed E-state index contributed by atoms with van der Waals surface area (Å²) in [4.78, 5) is 39.0. The smallest absolute Gasteiger partial charge is 0.338 e. The van der Waals surface area contributed by atoms with Crippen molar-refractivity contribution in [3.8, 4) is 0 Å². The van der Waals surface area contributed by atoms with E-state index in [9.17, 15) is 14.4 Å². The van der Waals surface area contributed by atoms with Gasteiger partial charge >= 0.3 is 5.97 Å². The van der Waals surface area contributed by atoms with Gasteiger partial charge in [-0.1, -0.05) is 66.2 Å². The Hall–Kier alpha value is -3.24. The fourth-order valence-electron chi connectivity index (χ4n) is 3.76. The Morgan fingerprint density at radius 1 is 0.793 bits per heavy atom. The third kappa shape index (κ3) is 3.26. The number of ketones is 2. The van der Waals surface area contributed by atoms with Crippen LogP contribution < -0.4 is 0 Å². The van der Waals surface area contributed by atoms with Gasteiger partial charge in [0, 0.05) is 22.6 Å². The third-order valence-corrected chi connectivity index (χ3v) is 5.50. The molecule has 3 aromatic rings. The average Bonchev–Trinajstić information content (AvgIpc) is 2.97. The maximum atomic E-state index is 13.3. The molecular weight excluding hydrogens is 388 g/mol. The highest BCUT2D eigenvalue weighted by atomic mass is 35.5. The number of esters is 1. The minimum atomic E-state index is -1.38. The van der Waals surface area contributed by atoms with Crippen LogP contribution in [0.2, 0.25) is 5.02 Å². The first-order valence-electron chi connectivity index (χ1n) is 9.21. The Bertz CT molecular complexity index is 1050. The van der Waals surface area contributed by atoms with Crippen LogP contribution in [0, 0.1) is 0 Å². The van der Waals surface area contributed by atoms with Crippen molar-refractivity contribution in [2.45, 2.75) is 11.8 Å². The zero-order valence-electron chi connectivity index (χ0n) is 15.4. The maximum absolute atomic E-state index is 13.3. The molecule has 0 radical (unpaired) electrons. The zero-order chi connectivity index (χ0) is 20.4. The molecule has 0 saturated heterocycles.